The highest BCUT2D eigenvalue weighted by Gasteiger charge is 2.21. The highest BCUT2D eigenvalue weighted by Crippen LogP contribution is 2.32. The van der Waals surface area contributed by atoms with E-state index in [0.29, 0.717) is 0 Å². The molecule has 0 aromatic heterocycles. The van der Waals surface area contributed by atoms with Crippen LogP contribution in [-0.2, 0) is 47.9 Å². The fraction of sp³-hybridized carbons (Fsp3) is 0.556. The van der Waals surface area contributed by atoms with Gasteiger partial charge in [0.25, 0.3) is 0 Å². The molecule has 0 amide bonds. The highest BCUT2D eigenvalue weighted by molar-refractivity contribution is 5.44. The van der Waals surface area contributed by atoms with E-state index in [1.807, 2.05) is 0 Å². The van der Waals surface area contributed by atoms with Crippen LogP contribution in [0.15, 0.2) is 30.3 Å². The third-order valence-electron chi connectivity index (χ3n) is 6.04. The molecule has 1 heteroatoms. The van der Waals surface area contributed by atoms with Crippen molar-refractivity contribution in [2.75, 3.05) is 6.61 Å². The summed E-state index contributed by atoms with van der Waals surface area (Å²) in [5.41, 5.74) is 10.7. The minimum Gasteiger partial charge on any atom is -0.377 e. The molecular formula is C27H38O. The molecule has 0 aliphatic heterocycles. The molecule has 0 heterocycles. The van der Waals surface area contributed by atoms with Crippen LogP contribution < -0.4 is 0 Å². The third-order valence-corrected chi connectivity index (χ3v) is 6.04. The Morgan fingerprint density at radius 1 is 0.679 bits per heavy atom. The molecule has 0 fully saturated rings. The van der Waals surface area contributed by atoms with E-state index in [1.54, 1.807) is 0 Å². The van der Waals surface area contributed by atoms with Crippen LogP contribution in [-0.4, -0.2) is 6.61 Å². The van der Waals surface area contributed by atoms with E-state index in [0.717, 1.165) is 38.9 Å². The summed E-state index contributed by atoms with van der Waals surface area (Å²) in [7, 11) is 0. The quantitative estimate of drug-likeness (QED) is 0.577. The first kappa shape index (κ1) is 21.1. The molecule has 0 spiro atoms. The van der Waals surface area contributed by atoms with Crippen molar-refractivity contribution in [2.45, 2.75) is 91.6 Å². The maximum atomic E-state index is 5.89. The van der Waals surface area contributed by atoms with Gasteiger partial charge in [-0.1, -0.05) is 71.9 Å². The molecule has 0 unspecified atom stereocenters. The second-order valence-electron chi connectivity index (χ2n) is 10.4. The summed E-state index contributed by atoms with van der Waals surface area (Å²) in [6.07, 6.45) is 4.38. The first-order chi connectivity index (χ1) is 13.1. The van der Waals surface area contributed by atoms with E-state index in [2.05, 4.69) is 78.8 Å². The number of benzene rings is 2. The lowest BCUT2D eigenvalue weighted by Crippen LogP contribution is -2.16. The van der Waals surface area contributed by atoms with Gasteiger partial charge in [-0.05, 0) is 82.4 Å². The van der Waals surface area contributed by atoms with Gasteiger partial charge in [-0.25, -0.2) is 0 Å². The van der Waals surface area contributed by atoms with E-state index in [9.17, 15) is 0 Å². The van der Waals surface area contributed by atoms with Crippen molar-refractivity contribution in [3.63, 3.8) is 0 Å². The zero-order valence-corrected chi connectivity index (χ0v) is 19.0. The van der Waals surface area contributed by atoms with Crippen molar-refractivity contribution >= 4 is 0 Å². The Morgan fingerprint density at radius 3 is 1.57 bits per heavy atom. The molecule has 4 bridgehead atoms. The molecular weight excluding hydrogens is 340 g/mol. The van der Waals surface area contributed by atoms with E-state index in [1.165, 1.54) is 38.9 Å². The lowest BCUT2D eigenvalue weighted by molar-refractivity contribution is 0.133. The average molecular weight is 379 g/mol. The van der Waals surface area contributed by atoms with Crippen molar-refractivity contribution in [1.29, 1.82) is 0 Å². The second kappa shape index (κ2) is 8.03. The summed E-state index contributed by atoms with van der Waals surface area (Å²) in [5, 5.41) is 0. The van der Waals surface area contributed by atoms with Gasteiger partial charge in [0.1, 0.15) is 0 Å². The van der Waals surface area contributed by atoms with Crippen LogP contribution in [0.25, 0.3) is 0 Å². The van der Waals surface area contributed by atoms with Gasteiger partial charge in [0.15, 0.2) is 0 Å². The standard InChI is InChI=1S/C27H38O/c1-8-28-18-25-21-11-9-19-13-20(15-23(14-19)26(2,3)4)10-12-22(25)17-24(16-21)27(5,6)7/h13-17H,8-12,18H2,1-7H3. The van der Waals surface area contributed by atoms with Crippen molar-refractivity contribution < 1.29 is 4.74 Å². The molecule has 2 aromatic carbocycles. The maximum absolute atomic E-state index is 5.89. The Kier molecular flexibility index (Phi) is 6.05. The molecule has 0 saturated carbocycles. The van der Waals surface area contributed by atoms with Crippen molar-refractivity contribution in [3.8, 4) is 0 Å². The van der Waals surface area contributed by atoms with Crippen LogP contribution in [0.5, 0.6) is 0 Å². The number of hydrogen-bond donors (Lipinski definition) is 0. The fourth-order valence-electron chi connectivity index (χ4n) is 4.11. The SMILES string of the molecule is CCOCc1c2cc(C(C)(C)C)cc1CCc1cc(cc(C(C)(C)C)c1)CC2. The summed E-state index contributed by atoms with van der Waals surface area (Å²) >= 11 is 0. The monoisotopic (exact) mass is 378 g/mol. The lowest BCUT2D eigenvalue weighted by Gasteiger charge is -2.26. The van der Waals surface area contributed by atoms with Crippen molar-refractivity contribution in [3.05, 3.63) is 69.3 Å². The molecule has 28 heavy (non-hydrogen) atoms. The largest absolute Gasteiger partial charge is 0.377 e. The first-order valence-corrected chi connectivity index (χ1v) is 10.9. The summed E-state index contributed by atoms with van der Waals surface area (Å²) in [5.74, 6) is 0. The topological polar surface area (TPSA) is 9.23 Å². The number of ether oxygens (including phenoxy) is 1. The van der Waals surface area contributed by atoms with Gasteiger partial charge in [-0.3, -0.25) is 0 Å². The molecule has 0 saturated heterocycles. The lowest BCUT2D eigenvalue weighted by atomic mass is 9.80. The van der Waals surface area contributed by atoms with Gasteiger partial charge in [-0.15, -0.1) is 0 Å². The van der Waals surface area contributed by atoms with E-state index in [4.69, 9.17) is 4.74 Å². The Morgan fingerprint density at radius 2 is 1.14 bits per heavy atom. The zero-order valence-electron chi connectivity index (χ0n) is 19.0. The Labute approximate surface area is 172 Å². The number of fused-ring (bicyclic) bond motifs is 4. The molecule has 0 radical (unpaired) electrons. The highest BCUT2D eigenvalue weighted by atomic mass is 16.5. The number of aryl methyl sites for hydroxylation is 4. The van der Waals surface area contributed by atoms with Gasteiger partial charge < -0.3 is 4.74 Å². The minimum atomic E-state index is 0.172. The molecule has 0 atom stereocenters. The van der Waals surface area contributed by atoms with Crippen LogP contribution in [0.1, 0.15) is 87.4 Å². The number of hydrogen-bond acceptors (Lipinski definition) is 1. The first-order valence-electron chi connectivity index (χ1n) is 10.9. The van der Waals surface area contributed by atoms with Gasteiger partial charge in [0.05, 0.1) is 6.61 Å². The Bertz CT molecular complexity index is 783. The molecule has 2 aromatic rings. The normalized spacial score (nSPS) is 14.8. The molecule has 1 aliphatic rings. The smallest absolute Gasteiger partial charge is 0.0722 e. The van der Waals surface area contributed by atoms with Crippen LogP contribution in [0, 0.1) is 0 Å². The summed E-state index contributed by atoms with van der Waals surface area (Å²) in [6.45, 7) is 17.5. The number of rotatable bonds is 3. The van der Waals surface area contributed by atoms with Crippen LogP contribution in [0.4, 0.5) is 0 Å². The average Bonchev–Trinajstić information content (AvgIpc) is 2.60. The summed E-state index contributed by atoms with van der Waals surface area (Å²) in [6, 6.07) is 12.2. The van der Waals surface area contributed by atoms with Gasteiger partial charge in [0.2, 0.25) is 0 Å². The predicted molar refractivity (Wildman–Crippen MR) is 120 cm³/mol. The Balaban J connectivity index is 2.06. The van der Waals surface area contributed by atoms with Crippen LogP contribution >= 0.6 is 0 Å². The van der Waals surface area contributed by atoms with Crippen molar-refractivity contribution in [1.82, 2.24) is 0 Å². The third kappa shape index (κ3) is 4.87. The van der Waals surface area contributed by atoms with Gasteiger partial charge in [-0.2, -0.15) is 0 Å². The van der Waals surface area contributed by atoms with Gasteiger partial charge in [0, 0.05) is 6.61 Å². The fourth-order valence-corrected chi connectivity index (χ4v) is 4.11. The zero-order chi connectivity index (χ0) is 20.5. The van der Waals surface area contributed by atoms with Gasteiger partial charge >= 0.3 is 0 Å². The molecule has 0 N–H and O–H groups in total. The summed E-state index contributed by atoms with van der Waals surface area (Å²) < 4.78 is 5.89. The summed E-state index contributed by atoms with van der Waals surface area (Å²) in [4.78, 5) is 0. The van der Waals surface area contributed by atoms with Crippen molar-refractivity contribution in [2.24, 2.45) is 0 Å². The maximum Gasteiger partial charge on any atom is 0.0722 e. The van der Waals surface area contributed by atoms with E-state index in [-0.39, 0.29) is 10.8 Å². The van der Waals surface area contributed by atoms with Crippen LogP contribution in [0.3, 0.4) is 0 Å². The molecule has 1 nitrogen and oxygen atoms in total. The van der Waals surface area contributed by atoms with E-state index < -0.39 is 0 Å². The second-order valence-corrected chi connectivity index (χ2v) is 10.4. The molecule has 152 valence electrons. The van der Waals surface area contributed by atoms with E-state index >= 15 is 0 Å². The Hall–Kier alpha value is -1.60. The molecule has 1 aliphatic carbocycles. The minimum absolute atomic E-state index is 0.172. The molecule has 3 rings (SSSR count). The predicted octanol–water partition coefficient (Wildman–Crippen LogP) is 6.70. The van der Waals surface area contributed by atoms with Crippen LogP contribution in [0.2, 0.25) is 0 Å².